The molecule has 1 amide bonds. The molecule has 0 aliphatic rings. The van der Waals surface area contributed by atoms with Crippen molar-refractivity contribution in [2.75, 3.05) is 6.54 Å². The number of hydrogen-bond donors (Lipinski definition) is 0. The number of carbonyl (C=O) groups excluding carboxylic acids is 1. The van der Waals surface area contributed by atoms with Crippen molar-refractivity contribution in [3.8, 4) is 0 Å². The van der Waals surface area contributed by atoms with E-state index in [1.54, 1.807) is 4.90 Å². The summed E-state index contributed by atoms with van der Waals surface area (Å²) in [5, 5.41) is 0. The Kier molecular flexibility index (Phi) is 7.19. The molecule has 1 aromatic heterocycles. The van der Waals surface area contributed by atoms with Gasteiger partial charge in [-0.2, -0.15) is 0 Å². The Labute approximate surface area is 154 Å². The zero-order chi connectivity index (χ0) is 17.5. The second kappa shape index (κ2) is 9.14. The highest BCUT2D eigenvalue weighted by molar-refractivity contribution is 6.53. The normalized spacial score (nSPS) is 11.0. The first-order chi connectivity index (χ1) is 11.5. The molecule has 1 heterocycles. The fraction of sp³-hybridized carbons (Fsp3) is 0.421. The predicted octanol–water partition coefficient (Wildman–Crippen LogP) is 4.78. The van der Waals surface area contributed by atoms with Gasteiger partial charge in [0.15, 0.2) is 4.84 Å². The van der Waals surface area contributed by atoms with Gasteiger partial charge >= 0.3 is 0 Å². The molecule has 0 saturated heterocycles. The van der Waals surface area contributed by atoms with E-state index in [0.717, 1.165) is 25.1 Å². The van der Waals surface area contributed by atoms with E-state index in [-0.39, 0.29) is 5.91 Å². The van der Waals surface area contributed by atoms with Crippen molar-refractivity contribution in [2.45, 2.75) is 44.6 Å². The van der Waals surface area contributed by atoms with Gasteiger partial charge < -0.3 is 9.47 Å². The van der Waals surface area contributed by atoms with Gasteiger partial charge in [-0.25, -0.2) is 0 Å². The molecule has 0 bridgehead atoms. The van der Waals surface area contributed by atoms with E-state index >= 15 is 0 Å². The maximum Gasteiger partial charge on any atom is 0.256 e. The van der Waals surface area contributed by atoms with Crippen molar-refractivity contribution in [3.63, 3.8) is 0 Å². The third kappa shape index (κ3) is 5.02. The Balaban J connectivity index is 2.15. The van der Waals surface area contributed by atoms with Crippen LogP contribution in [0.25, 0.3) is 0 Å². The minimum atomic E-state index is -1.01. The second-order valence-corrected chi connectivity index (χ2v) is 7.06. The van der Waals surface area contributed by atoms with Gasteiger partial charge in [-0.1, -0.05) is 60.8 Å². The molecular formula is C19H24Cl2N2O. The molecule has 2 rings (SSSR count). The van der Waals surface area contributed by atoms with E-state index < -0.39 is 4.84 Å². The quantitative estimate of drug-likeness (QED) is 0.617. The van der Waals surface area contributed by atoms with Crippen LogP contribution in [0.15, 0.2) is 42.6 Å². The molecule has 0 spiro atoms. The van der Waals surface area contributed by atoms with E-state index in [0.29, 0.717) is 13.1 Å². The summed E-state index contributed by atoms with van der Waals surface area (Å²) >= 11 is 11.6. The zero-order valence-electron chi connectivity index (χ0n) is 14.2. The number of carbonyl (C=O) groups is 1. The molecule has 3 nitrogen and oxygen atoms in total. The van der Waals surface area contributed by atoms with Crippen LogP contribution in [0.2, 0.25) is 0 Å². The summed E-state index contributed by atoms with van der Waals surface area (Å²) in [7, 11) is 0. The molecule has 5 heteroatoms. The van der Waals surface area contributed by atoms with Gasteiger partial charge in [0.2, 0.25) is 0 Å². The summed E-state index contributed by atoms with van der Waals surface area (Å²) < 4.78 is 2.17. The number of aryl methyl sites for hydroxylation is 1. The van der Waals surface area contributed by atoms with Crippen molar-refractivity contribution < 1.29 is 4.79 Å². The molecule has 24 heavy (non-hydrogen) atoms. The maximum atomic E-state index is 12.3. The Morgan fingerprint density at radius 2 is 1.96 bits per heavy atom. The van der Waals surface area contributed by atoms with Crippen LogP contribution in [0.1, 0.15) is 36.6 Å². The number of rotatable bonds is 8. The summed E-state index contributed by atoms with van der Waals surface area (Å²) in [5.41, 5.74) is 3.61. The van der Waals surface area contributed by atoms with E-state index in [4.69, 9.17) is 23.2 Å². The SMILES string of the molecule is CCCCN(Cc1cccn1Cc1ccccc1C)C(=O)C(Cl)Cl. The van der Waals surface area contributed by atoms with E-state index in [2.05, 4.69) is 30.5 Å². The van der Waals surface area contributed by atoms with Crippen LogP contribution in [0.3, 0.4) is 0 Å². The Morgan fingerprint density at radius 1 is 1.21 bits per heavy atom. The lowest BCUT2D eigenvalue weighted by Crippen LogP contribution is -2.35. The number of halogens is 2. The molecule has 1 aromatic carbocycles. The van der Waals surface area contributed by atoms with Crippen LogP contribution in [-0.2, 0) is 17.9 Å². The van der Waals surface area contributed by atoms with Gasteiger partial charge in [0, 0.05) is 25.0 Å². The minimum Gasteiger partial charge on any atom is -0.345 e. The highest BCUT2D eigenvalue weighted by atomic mass is 35.5. The summed E-state index contributed by atoms with van der Waals surface area (Å²) in [6, 6.07) is 12.4. The molecule has 0 aliphatic heterocycles. The first-order valence-electron chi connectivity index (χ1n) is 8.28. The van der Waals surface area contributed by atoms with Gasteiger partial charge in [-0.15, -0.1) is 0 Å². The molecule has 2 aromatic rings. The molecule has 0 atom stereocenters. The lowest BCUT2D eigenvalue weighted by Gasteiger charge is -2.24. The molecular weight excluding hydrogens is 343 g/mol. The average molecular weight is 367 g/mol. The summed E-state index contributed by atoms with van der Waals surface area (Å²) in [5.74, 6) is -0.226. The van der Waals surface area contributed by atoms with E-state index in [1.165, 1.54) is 11.1 Å². The molecule has 0 radical (unpaired) electrons. The van der Waals surface area contributed by atoms with Gasteiger partial charge in [-0.05, 0) is 36.6 Å². The van der Waals surface area contributed by atoms with Gasteiger partial charge in [0.05, 0.1) is 6.54 Å². The van der Waals surface area contributed by atoms with Crippen molar-refractivity contribution in [3.05, 3.63) is 59.4 Å². The van der Waals surface area contributed by atoms with Crippen LogP contribution in [0.5, 0.6) is 0 Å². The third-order valence-electron chi connectivity index (χ3n) is 4.16. The van der Waals surface area contributed by atoms with Crippen molar-refractivity contribution in [2.24, 2.45) is 0 Å². The van der Waals surface area contributed by atoms with Crippen LogP contribution in [-0.4, -0.2) is 26.8 Å². The topological polar surface area (TPSA) is 25.2 Å². The maximum absolute atomic E-state index is 12.3. The molecule has 0 unspecified atom stereocenters. The molecule has 130 valence electrons. The lowest BCUT2D eigenvalue weighted by molar-refractivity contribution is -0.130. The standard InChI is InChI=1S/C19H24Cl2N2O/c1-3-4-11-23(19(24)18(20)21)14-17-10-7-12-22(17)13-16-9-6-5-8-15(16)2/h5-10,12,18H,3-4,11,13-14H2,1-2H3. The first-order valence-corrected chi connectivity index (χ1v) is 9.15. The van der Waals surface area contributed by atoms with E-state index in [1.807, 2.05) is 30.5 Å². The number of alkyl halides is 2. The predicted molar refractivity (Wildman–Crippen MR) is 101 cm³/mol. The highest BCUT2D eigenvalue weighted by Gasteiger charge is 2.21. The number of amides is 1. The third-order valence-corrected chi connectivity index (χ3v) is 4.53. The zero-order valence-corrected chi connectivity index (χ0v) is 15.7. The molecule has 0 N–H and O–H groups in total. The Bertz CT molecular complexity index is 667. The van der Waals surface area contributed by atoms with Gasteiger partial charge in [0.1, 0.15) is 0 Å². The van der Waals surface area contributed by atoms with Crippen molar-refractivity contribution in [1.82, 2.24) is 9.47 Å². The number of hydrogen-bond acceptors (Lipinski definition) is 1. The van der Waals surface area contributed by atoms with Crippen LogP contribution in [0, 0.1) is 6.92 Å². The smallest absolute Gasteiger partial charge is 0.256 e. The fourth-order valence-electron chi connectivity index (χ4n) is 2.67. The van der Waals surface area contributed by atoms with Crippen molar-refractivity contribution >= 4 is 29.1 Å². The first kappa shape index (κ1) is 18.9. The monoisotopic (exact) mass is 366 g/mol. The lowest BCUT2D eigenvalue weighted by atomic mass is 10.1. The molecule has 0 aliphatic carbocycles. The number of nitrogens with zero attached hydrogens (tertiary/aromatic N) is 2. The molecule has 0 saturated carbocycles. The van der Waals surface area contributed by atoms with Crippen LogP contribution in [0.4, 0.5) is 0 Å². The summed E-state index contributed by atoms with van der Waals surface area (Å²) in [4.78, 5) is 13.0. The molecule has 0 fully saturated rings. The van der Waals surface area contributed by atoms with Gasteiger partial charge in [0.25, 0.3) is 5.91 Å². The highest BCUT2D eigenvalue weighted by Crippen LogP contribution is 2.16. The van der Waals surface area contributed by atoms with Crippen LogP contribution >= 0.6 is 23.2 Å². The largest absolute Gasteiger partial charge is 0.345 e. The summed E-state index contributed by atoms with van der Waals surface area (Å²) in [6.07, 6.45) is 4.00. The average Bonchev–Trinajstić information content (AvgIpc) is 2.99. The summed E-state index contributed by atoms with van der Waals surface area (Å²) in [6.45, 7) is 6.19. The Hall–Kier alpha value is -1.45. The number of benzene rings is 1. The second-order valence-electron chi connectivity index (χ2n) is 5.97. The van der Waals surface area contributed by atoms with Crippen LogP contribution < -0.4 is 0 Å². The minimum absolute atomic E-state index is 0.226. The van der Waals surface area contributed by atoms with Crippen molar-refractivity contribution in [1.29, 1.82) is 0 Å². The number of unbranched alkanes of at least 4 members (excludes halogenated alkanes) is 1. The van der Waals surface area contributed by atoms with E-state index in [9.17, 15) is 4.79 Å². The fourth-order valence-corrected chi connectivity index (χ4v) is 2.94. The number of aromatic nitrogens is 1. The Morgan fingerprint density at radius 3 is 2.62 bits per heavy atom. The van der Waals surface area contributed by atoms with Gasteiger partial charge in [-0.3, -0.25) is 4.79 Å².